The Bertz CT molecular complexity index is 851. The molecule has 0 N–H and O–H groups in total. The van der Waals surface area contributed by atoms with Crippen LogP contribution in [0.4, 0.5) is 0 Å². The summed E-state index contributed by atoms with van der Waals surface area (Å²) in [5.74, 6) is 0. The van der Waals surface area contributed by atoms with Crippen molar-refractivity contribution < 1.29 is 20.1 Å². The third kappa shape index (κ3) is 1.47. The molecule has 0 bridgehead atoms. The van der Waals surface area contributed by atoms with Gasteiger partial charge in [-0.15, -0.1) is 35.0 Å². The molecule has 0 unspecified atom stereocenters. The summed E-state index contributed by atoms with van der Waals surface area (Å²) < 4.78 is 2.06. The van der Waals surface area contributed by atoms with E-state index in [9.17, 15) is 0 Å². The van der Waals surface area contributed by atoms with Crippen LogP contribution < -0.4 is 0 Å². The number of aromatic nitrogens is 3. The zero-order valence-corrected chi connectivity index (χ0v) is 11.7. The molecular formula is C14H8IrN3-. The van der Waals surface area contributed by atoms with Crippen LogP contribution in [0.15, 0.2) is 48.9 Å². The first-order valence-corrected chi connectivity index (χ1v) is 5.45. The van der Waals surface area contributed by atoms with Gasteiger partial charge in [-0.05, 0) is 12.3 Å². The summed E-state index contributed by atoms with van der Waals surface area (Å²) >= 11 is 0. The number of hydrogen-bond acceptors (Lipinski definition) is 2. The Labute approximate surface area is 117 Å². The Balaban J connectivity index is 0.000001000. The van der Waals surface area contributed by atoms with Crippen LogP contribution in [-0.2, 0) is 20.1 Å². The average Bonchev–Trinajstić information content (AvgIpc) is 2.78. The second-order valence-electron chi connectivity index (χ2n) is 3.99. The third-order valence-corrected chi connectivity index (χ3v) is 3.01. The largest absolute Gasteiger partial charge is 0.339 e. The van der Waals surface area contributed by atoms with Gasteiger partial charge in [0, 0.05) is 26.3 Å². The molecule has 0 atom stereocenters. The molecule has 0 saturated carbocycles. The molecule has 4 rings (SSSR count). The minimum Gasteiger partial charge on any atom is -0.339 e. The number of imidazole rings is 1. The number of benzene rings is 1. The molecule has 4 heteroatoms. The SMILES string of the molecule is [Ir].[c-]1cccc2ccn3c4cnccc4nc3c12. The fourth-order valence-corrected chi connectivity index (χ4v) is 2.21. The Morgan fingerprint density at radius 3 is 3.06 bits per heavy atom. The number of fused-ring (bicyclic) bond motifs is 5. The molecule has 1 radical (unpaired) electrons. The van der Waals surface area contributed by atoms with E-state index >= 15 is 0 Å². The summed E-state index contributed by atoms with van der Waals surface area (Å²) in [5, 5.41) is 2.20. The minimum absolute atomic E-state index is 0. The van der Waals surface area contributed by atoms with Crippen LogP contribution in [0.2, 0.25) is 0 Å². The summed E-state index contributed by atoms with van der Waals surface area (Å²) in [5.41, 5.74) is 2.93. The van der Waals surface area contributed by atoms with Crippen LogP contribution in [0.5, 0.6) is 0 Å². The van der Waals surface area contributed by atoms with E-state index in [2.05, 4.69) is 32.6 Å². The molecule has 0 spiro atoms. The van der Waals surface area contributed by atoms with Crippen LogP contribution in [-0.4, -0.2) is 14.4 Å². The van der Waals surface area contributed by atoms with Gasteiger partial charge in [0.1, 0.15) is 0 Å². The molecule has 0 saturated heterocycles. The normalized spacial score (nSPS) is 10.9. The first-order chi connectivity index (χ1) is 8.43. The van der Waals surface area contributed by atoms with Crippen LogP contribution in [0.3, 0.4) is 0 Å². The molecule has 0 aliphatic carbocycles. The fourth-order valence-electron chi connectivity index (χ4n) is 2.21. The Kier molecular flexibility index (Phi) is 2.62. The molecule has 89 valence electrons. The van der Waals surface area contributed by atoms with Crippen LogP contribution in [0.25, 0.3) is 27.5 Å². The number of hydrogen-bond donors (Lipinski definition) is 0. The van der Waals surface area contributed by atoms with Crippen molar-refractivity contribution >= 4 is 27.5 Å². The second-order valence-corrected chi connectivity index (χ2v) is 3.99. The van der Waals surface area contributed by atoms with Crippen molar-refractivity contribution in [2.75, 3.05) is 0 Å². The van der Waals surface area contributed by atoms with Crippen molar-refractivity contribution in [3.63, 3.8) is 0 Å². The fraction of sp³-hybridized carbons (Fsp3) is 0. The molecule has 0 amide bonds. The van der Waals surface area contributed by atoms with Crippen molar-refractivity contribution in [2.45, 2.75) is 0 Å². The topological polar surface area (TPSA) is 30.2 Å². The van der Waals surface area contributed by atoms with Gasteiger partial charge in [-0.25, -0.2) is 0 Å². The monoisotopic (exact) mass is 411 g/mol. The van der Waals surface area contributed by atoms with E-state index in [-0.39, 0.29) is 20.1 Å². The van der Waals surface area contributed by atoms with Crippen molar-refractivity contribution in [1.82, 2.24) is 14.4 Å². The Morgan fingerprint density at radius 1 is 1.17 bits per heavy atom. The maximum atomic E-state index is 4.64. The number of pyridine rings is 2. The minimum atomic E-state index is 0. The van der Waals surface area contributed by atoms with Gasteiger partial charge >= 0.3 is 0 Å². The maximum Gasteiger partial charge on any atom is 0.0817 e. The first-order valence-electron chi connectivity index (χ1n) is 5.45. The predicted octanol–water partition coefficient (Wildman–Crippen LogP) is 2.83. The van der Waals surface area contributed by atoms with Crippen molar-refractivity contribution in [1.29, 1.82) is 0 Å². The quantitative estimate of drug-likeness (QED) is 0.418. The summed E-state index contributed by atoms with van der Waals surface area (Å²) in [6.45, 7) is 0. The number of nitrogens with zero attached hydrogens (tertiary/aromatic N) is 3. The number of rotatable bonds is 0. The molecule has 4 aromatic rings. The molecule has 0 aliphatic heterocycles. The van der Waals surface area contributed by atoms with Gasteiger partial charge in [0.15, 0.2) is 0 Å². The summed E-state index contributed by atoms with van der Waals surface area (Å²) in [7, 11) is 0. The van der Waals surface area contributed by atoms with Gasteiger partial charge in [0.2, 0.25) is 0 Å². The zero-order valence-electron chi connectivity index (χ0n) is 9.29. The van der Waals surface area contributed by atoms with Gasteiger partial charge in [-0.2, -0.15) is 0 Å². The van der Waals surface area contributed by atoms with E-state index < -0.39 is 0 Å². The molecule has 0 aliphatic rings. The molecule has 18 heavy (non-hydrogen) atoms. The average molecular weight is 410 g/mol. The standard InChI is InChI=1S/C14H8N3.Ir/c1-2-4-11-10(3-1)6-8-17-13-9-15-7-5-12(13)16-14(11)17;/h1-3,5-9H;/q-1;. The van der Waals surface area contributed by atoms with Gasteiger partial charge in [0.05, 0.1) is 22.9 Å². The van der Waals surface area contributed by atoms with Crippen molar-refractivity contribution in [2.24, 2.45) is 0 Å². The van der Waals surface area contributed by atoms with Crippen molar-refractivity contribution in [3.8, 4) is 0 Å². The molecule has 3 aromatic heterocycles. The van der Waals surface area contributed by atoms with E-state index in [0.717, 1.165) is 27.5 Å². The van der Waals surface area contributed by atoms with E-state index in [4.69, 9.17) is 0 Å². The van der Waals surface area contributed by atoms with Gasteiger partial charge in [-0.3, -0.25) is 9.97 Å². The van der Waals surface area contributed by atoms with Crippen LogP contribution >= 0.6 is 0 Å². The Hall–Kier alpha value is -1.77. The molecule has 3 heterocycles. The van der Waals surface area contributed by atoms with E-state index in [1.54, 1.807) is 6.20 Å². The predicted molar refractivity (Wildman–Crippen MR) is 66.8 cm³/mol. The van der Waals surface area contributed by atoms with Crippen LogP contribution in [0, 0.1) is 6.07 Å². The summed E-state index contributed by atoms with van der Waals surface area (Å²) in [6.07, 6.45) is 5.63. The van der Waals surface area contributed by atoms with Crippen LogP contribution in [0.1, 0.15) is 0 Å². The Morgan fingerprint density at radius 2 is 2.11 bits per heavy atom. The van der Waals surface area contributed by atoms with E-state index in [1.807, 2.05) is 30.6 Å². The van der Waals surface area contributed by atoms with Crippen molar-refractivity contribution in [3.05, 3.63) is 55.0 Å². The third-order valence-electron chi connectivity index (χ3n) is 3.01. The first kappa shape index (κ1) is 11.3. The molecule has 3 nitrogen and oxygen atoms in total. The second kappa shape index (κ2) is 4.16. The smallest absolute Gasteiger partial charge is 0.0817 e. The molecular weight excluding hydrogens is 402 g/mol. The zero-order chi connectivity index (χ0) is 11.2. The summed E-state index contributed by atoms with van der Waals surface area (Å²) in [4.78, 5) is 8.78. The summed E-state index contributed by atoms with van der Waals surface area (Å²) in [6, 6.07) is 13.2. The van der Waals surface area contributed by atoms with Gasteiger partial charge in [0.25, 0.3) is 0 Å². The maximum absolute atomic E-state index is 4.64. The van der Waals surface area contributed by atoms with Gasteiger partial charge < -0.3 is 4.40 Å². The van der Waals surface area contributed by atoms with Gasteiger partial charge in [-0.1, -0.05) is 6.07 Å². The van der Waals surface area contributed by atoms with E-state index in [0.29, 0.717) is 0 Å². The molecule has 0 fully saturated rings. The molecule has 1 aromatic carbocycles. The van der Waals surface area contributed by atoms with E-state index in [1.165, 1.54) is 0 Å².